The van der Waals surface area contributed by atoms with Crippen LogP contribution in [0.25, 0.3) is 0 Å². The van der Waals surface area contributed by atoms with Crippen LogP contribution in [0, 0.1) is 0 Å². The molecule has 1 saturated heterocycles. The van der Waals surface area contributed by atoms with Crippen LogP contribution < -0.4 is 0 Å². The van der Waals surface area contributed by atoms with Crippen molar-refractivity contribution in [3.8, 4) is 0 Å². The van der Waals surface area contributed by atoms with E-state index >= 15 is 0 Å². The molecule has 1 heterocycles. The molecule has 0 radical (unpaired) electrons. The fourth-order valence-electron chi connectivity index (χ4n) is 2.43. The van der Waals surface area contributed by atoms with Crippen molar-refractivity contribution in [3.05, 3.63) is 0 Å². The lowest BCUT2D eigenvalue weighted by atomic mass is 10.3. The molecule has 0 bridgehead atoms. The van der Waals surface area contributed by atoms with Crippen LogP contribution in [0.2, 0.25) is 0 Å². The zero-order chi connectivity index (χ0) is 15.8. The Hall–Kier alpha value is -0.950. The summed E-state index contributed by atoms with van der Waals surface area (Å²) >= 11 is 1.50. The number of nitrogens with zero attached hydrogens (tertiary/aromatic N) is 3. The van der Waals surface area contributed by atoms with E-state index in [0.717, 1.165) is 26.1 Å². The number of carbonyl (C=O) groups is 2. The van der Waals surface area contributed by atoms with Gasteiger partial charge in [-0.25, -0.2) is 9.59 Å². The van der Waals surface area contributed by atoms with Gasteiger partial charge in [0.25, 0.3) is 0 Å². The lowest BCUT2D eigenvalue weighted by molar-refractivity contribution is -0.140. The zero-order valence-corrected chi connectivity index (χ0v) is 14.1. The molecule has 7 heteroatoms. The highest BCUT2D eigenvalue weighted by Gasteiger charge is 2.36. The van der Waals surface area contributed by atoms with E-state index in [0.29, 0.717) is 24.7 Å². The number of aliphatic carboxylic acids is 1. The van der Waals surface area contributed by atoms with Crippen molar-refractivity contribution in [2.45, 2.75) is 33.2 Å². The summed E-state index contributed by atoms with van der Waals surface area (Å²) in [5.41, 5.74) is 0. The van der Waals surface area contributed by atoms with Gasteiger partial charge in [-0.3, -0.25) is 0 Å². The molecule has 1 aliphatic rings. The molecule has 0 aromatic rings. The molecule has 122 valence electrons. The molecule has 21 heavy (non-hydrogen) atoms. The van der Waals surface area contributed by atoms with Gasteiger partial charge in [-0.05, 0) is 33.0 Å². The largest absolute Gasteiger partial charge is 0.480 e. The normalized spacial score (nSPS) is 18.3. The lowest BCUT2D eigenvalue weighted by Gasteiger charge is -2.29. The third kappa shape index (κ3) is 5.07. The van der Waals surface area contributed by atoms with Crippen LogP contribution in [-0.4, -0.2) is 82.2 Å². The SMILES string of the molecule is CCN(CC)CCCN(CC)C(=O)N1CSC[C@H]1C(=O)O. The van der Waals surface area contributed by atoms with Crippen LogP contribution in [0.15, 0.2) is 0 Å². The average Bonchev–Trinajstić information content (AvgIpc) is 2.96. The third-order valence-corrected chi connectivity index (χ3v) is 4.87. The van der Waals surface area contributed by atoms with Crippen LogP contribution >= 0.6 is 11.8 Å². The molecule has 1 atom stereocenters. The Morgan fingerprint density at radius 2 is 1.86 bits per heavy atom. The van der Waals surface area contributed by atoms with Crippen molar-refractivity contribution in [2.24, 2.45) is 0 Å². The van der Waals surface area contributed by atoms with Gasteiger partial charge in [0.15, 0.2) is 0 Å². The zero-order valence-electron chi connectivity index (χ0n) is 13.2. The highest BCUT2D eigenvalue weighted by Crippen LogP contribution is 2.22. The van der Waals surface area contributed by atoms with Gasteiger partial charge in [-0.2, -0.15) is 0 Å². The van der Waals surface area contributed by atoms with Crippen molar-refractivity contribution in [1.82, 2.24) is 14.7 Å². The molecule has 1 fully saturated rings. The number of hydrogen-bond acceptors (Lipinski definition) is 4. The molecule has 0 aliphatic carbocycles. The van der Waals surface area contributed by atoms with Gasteiger partial charge >= 0.3 is 12.0 Å². The summed E-state index contributed by atoms with van der Waals surface area (Å²) in [6.45, 7) is 10.5. The maximum absolute atomic E-state index is 12.5. The summed E-state index contributed by atoms with van der Waals surface area (Å²) < 4.78 is 0. The minimum absolute atomic E-state index is 0.144. The summed E-state index contributed by atoms with van der Waals surface area (Å²) in [5.74, 6) is 0.0491. The highest BCUT2D eigenvalue weighted by atomic mass is 32.2. The standard InChI is InChI=1S/C14H27N3O3S/c1-4-15(5-2)8-7-9-16(6-3)14(20)17-11-21-10-12(17)13(18)19/h12H,4-11H2,1-3H3,(H,18,19)/t12-/m0/s1. The van der Waals surface area contributed by atoms with Crippen LogP contribution in [-0.2, 0) is 4.79 Å². The number of carbonyl (C=O) groups excluding carboxylic acids is 1. The van der Waals surface area contributed by atoms with E-state index < -0.39 is 12.0 Å². The Balaban J connectivity index is 2.51. The number of urea groups is 1. The molecular formula is C14H27N3O3S. The van der Waals surface area contributed by atoms with Crippen LogP contribution in [0.4, 0.5) is 4.79 Å². The average molecular weight is 317 g/mol. The number of carboxylic acids is 1. The van der Waals surface area contributed by atoms with Crippen LogP contribution in [0.1, 0.15) is 27.2 Å². The molecule has 0 aromatic carbocycles. The van der Waals surface area contributed by atoms with E-state index in [2.05, 4.69) is 18.7 Å². The first-order valence-corrected chi connectivity index (χ1v) is 8.78. The van der Waals surface area contributed by atoms with E-state index in [4.69, 9.17) is 5.11 Å². The van der Waals surface area contributed by atoms with Crippen molar-refractivity contribution in [2.75, 3.05) is 44.4 Å². The summed E-state index contributed by atoms with van der Waals surface area (Å²) in [4.78, 5) is 29.2. The highest BCUT2D eigenvalue weighted by molar-refractivity contribution is 7.99. The predicted octanol–water partition coefficient (Wildman–Crippen LogP) is 1.62. The topological polar surface area (TPSA) is 64.1 Å². The lowest BCUT2D eigenvalue weighted by Crippen LogP contribution is -2.49. The molecule has 0 saturated carbocycles. The minimum Gasteiger partial charge on any atom is -0.480 e. The molecule has 0 aromatic heterocycles. The smallest absolute Gasteiger partial charge is 0.327 e. The number of thioether (sulfide) groups is 1. The van der Waals surface area contributed by atoms with Crippen molar-refractivity contribution in [3.63, 3.8) is 0 Å². The molecule has 1 aliphatic heterocycles. The molecule has 1 rings (SSSR count). The number of hydrogen-bond donors (Lipinski definition) is 1. The Morgan fingerprint density at radius 3 is 2.38 bits per heavy atom. The second kappa shape index (κ2) is 9.15. The van der Waals surface area contributed by atoms with E-state index in [9.17, 15) is 9.59 Å². The fraction of sp³-hybridized carbons (Fsp3) is 0.857. The first-order chi connectivity index (χ1) is 10.0. The second-order valence-corrected chi connectivity index (χ2v) is 6.07. The van der Waals surface area contributed by atoms with Gasteiger partial charge in [-0.15, -0.1) is 11.8 Å². The Bertz CT molecular complexity index is 350. The van der Waals surface area contributed by atoms with Gasteiger partial charge in [0.1, 0.15) is 6.04 Å². The Morgan fingerprint density at radius 1 is 1.19 bits per heavy atom. The van der Waals surface area contributed by atoms with Gasteiger partial charge < -0.3 is 19.8 Å². The summed E-state index contributed by atoms with van der Waals surface area (Å²) in [6, 6.07) is -0.825. The third-order valence-electron chi connectivity index (χ3n) is 3.86. The van der Waals surface area contributed by atoms with Gasteiger partial charge in [0.05, 0.1) is 5.88 Å². The number of rotatable bonds is 8. The maximum Gasteiger partial charge on any atom is 0.327 e. The molecule has 0 unspecified atom stereocenters. The minimum atomic E-state index is -0.910. The van der Waals surface area contributed by atoms with E-state index in [1.807, 2.05) is 6.92 Å². The molecule has 0 spiro atoms. The maximum atomic E-state index is 12.5. The van der Waals surface area contributed by atoms with Crippen molar-refractivity contribution < 1.29 is 14.7 Å². The first-order valence-electron chi connectivity index (χ1n) is 7.63. The molecule has 6 nitrogen and oxygen atoms in total. The van der Waals surface area contributed by atoms with Gasteiger partial charge in [0, 0.05) is 18.8 Å². The van der Waals surface area contributed by atoms with E-state index in [1.54, 1.807) is 4.90 Å². The van der Waals surface area contributed by atoms with Crippen LogP contribution in [0.3, 0.4) is 0 Å². The second-order valence-electron chi connectivity index (χ2n) is 5.07. The van der Waals surface area contributed by atoms with Crippen LogP contribution in [0.5, 0.6) is 0 Å². The molecule has 2 amide bonds. The summed E-state index contributed by atoms with van der Waals surface area (Å²) in [7, 11) is 0. The Labute approximate surface area is 131 Å². The van der Waals surface area contributed by atoms with Gasteiger partial charge in [-0.1, -0.05) is 13.8 Å². The molecular weight excluding hydrogens is 290 g/mol. The number of amides is 2. The van der Waals surface area contributed by atoms with E-state index in [-0.39, 0.29) is 6.03 Å². The Kier molecular flexibility index (Phi) is 7.88. The van der Waals surface area contributed by atoms with E-state index in [1.165, 1.54) is 16.7 Å². The number of carboxylic acid groups (broad SMARTS) is 1. The quantitative estimate of drug-likeness (QED) is 0.737. The monoisotopic (exact) mass is 317 g/mol. The van der Waals surface area contributed by atoms with Gasteiger partial charge in [0.2, 0.25) is 0 Å². The predicted molar refractivity (Wildman–Crippen MR) is 85.6 cm³/mol. The van der Waals surface area contributed by atoms with Crippen molar-refractivity contribution >= 4 is 23.8 Å². The van der Waals surface area contributed by atoms with Crippen molar-refractivity contribution in [1.29, 1.82) is 0 Å². The summed E-state index contributed by atoms with van der Waals surface area (Å²) in [6.07, 6.45) is 0.917. The fourth-order valence-corrected chi connectivity index (χ4v) is 3.57. The molecule has 1 N–H and O–H groups in total. The first kappa shape index (κ1) is 18.1. The summed E-state index contributed by atoms with van der Waals surface area (Å²) in [5, 5.41) is 9.17.